The lowest BCUT2D eigenvalue weighted by atomic mass is 10.1. The number of H-pyrrole nitrogens is 1. The first kappa shape index (κ1) is 15.2. The summed E-state index contributed by atoms with van der Waals surface area (Å²) >= 11 is 4.86. The van der Waals surface area contributed by atoms with Crippen LogP contribution in [-0.4, -0.2) is 10.9 Å². The van der Waals surface area contributed by atoms with Crippen molar-refractivity contribution in [2.24, 2.45) is 0 Å². The van der Waals surface area contributed by atoms with Crippen LogP contribution in [0, 0.1) is 4.64 Å². The van der Waals surface area contributed by atoms with Crippen molar-refractivity contribution >= 4 is 18.1 Å². The monoisotopic (exact) mass is 312 g/mol. The van der Waals surface area contributed by atoms with Gasteiger partial charge in [-0.3, -0.25) is 4.79 Å². The summed E-state index contributed by atoms with van der Waals surface area (Å²) in [6.07, 6.45) is -2.88. The van der Waals surface area contributed by atoms with Crippen LogP contribution in [0.25, 0.3) is 0 Å². The molecule has 2 rings (SSSR count). The summed E-state index contributed by atoms with van der Waals surface area (Å²) in [4.78, 5) is 14.5. The quantitative estimate of drug-likeness (QED) is 0.849. The van der Waals surface area contributed by atoms with E-state index in [-0.39, 0.29) is 12.5 Å². The van der Waals surface area contributed by atoms with Crippen LogP contribution in [0.5, 0.6) is 0 Å². The van der Waals surface area contributed by atoms with Gasteiger partial charge in [0.2, 0.25) is 0 Å². The third kappa shape index (κ3) is 4.16. The number of hydrogen-bond donors (Lipinski definition) is 2. The first-order valence-corrected chi connectivity index (χ1v) is 6.40. The lowest BCUT2D eigenvalue weighted by Gasteiger charge is -2.08. The van der Waals surface area contributed by atoms with Crippen LogP contribution in [0.15, 0.2) is 42.6 Å². The SMILES string of the molecule is O=C(NCc1ccc(C(F)(F)F)cc1)c1ccc(=S)[nH]c1. The van der Waals surface area contributed by atoms with Gasteiger partial charge in [0.05, 0.1) is 11.1 Å². The van der Waals surface area contributed by atoms with E-state index < -0.39 is 11.7 Å². The molecule has 1 amide bonds. The van der Waals surface area contributed by atoms with Crippen molar-refractivity contribution in [3.63, 3.8) is 0 Å². The normalized spacial score (nSPS) is 11.2. The number of amides is 1. The van der Waals surface area contributed by atoms with E-state index in [1.54, 1.807) is 12.1 Å². The smallest absolute Gasteiger partial charge is 0.352 e. The summed E-state index contributed by atoms with van der Waals surface area (Å²) in [6.45, 7) is 0.145. The van der Waals surface area contributed by atoms with Crippen molar-refractivity contribution < 1.29 is 18.0 Å². The highest BCUT2D eigenvalue weighted by Crippen LogP contribution is 2.29. The fourth-order valence-corrected chi connectivity index (χ4v) is 1.77. The van der Waals surface area contributed by atoms with E-state index in [4.69, 9.17) is 12.2 Å². The number of aromatic amines is 1. The Morgan fingerprint density at radius 2 is 1.81 bits per heavy atom. The van der Waals surface area contributed by atoms with Gasteiger partial charge in [0.25, 0.3) is 5.91 Å². The fraction of sp³-hybridized carbons (Fsp3) is 0.143. The highest BCUT2D eigenvalue weighted by molar-refractivity contribution is 7.71. The standard InChI is InChI=1S/C14H11F3N2OS/c15-14(16,17)11-4-1-9(2-5-11)7-19-13(20)10-3-6-12(21)18-8-10/h1-6,8H,7H2,(H,18,21)(H,19,20). The number of aromatic nitrogens is 1. The minimum Gasteiger partial charge on any atom is -0.352 e. The number of rotatable bonds is 3. The molecule has 0 aliphatic carbocycles. The first-order chi connectivity index (χ1) is 9.86. The van der Waals surface area contributed by atoms with Gasteiger partial charge in [-0.1, -0.05) is 24.4 Å². The van der Waals surface area contributed by atoms with Gasteiger partial charge < -0.3 is 10.3 Å². The van der Waals surface area contributed by atoms with Crippen LogP contribution in [0.1, 0.15) is 21.5 Å². The molecule has 3 nitrogen and oxygen atoms in total. The Morgan fingerprint density at radius 3 is 2.33 bits per heavy atom. The summed E-state index contributed by atoms with van der Waals surface area (Å²) in [7, 11) is 0. The van der Waals surface area contributed by atoms with E-state index >= 15 is 0 Å². The molecule has 1 heterocycles. The van der Waals surface area contributed by atoms with Crippen molar-refractivity contribution in [1.82, 2.24) is 10.3 Å². The Morgan fingerprint density at radius 1 is 1.14 bits per heavy atom. The molecule has 0 unspecified atom stereocenters. The van der Waals surface area contributed by atoms with Gasteiger partial charge >= 0.3 is 6.18 Å². The lowest BCUT2D eigenvalue weighted by Crippen LogP contribution is -2.22. The molecule has 0 fully saturated rings. The second-order valence-electron chi connectivity index (χ2n) is 4.32. The molecule has 0 saturated heterocycles. The summed E-state index contributed by atoms with van der Waals surface area (Å²) in [5.41, 5.74) is 0.268. The molecule has 0 saturated carbocycles. The number of nitrogens with one attached hydrogen (secondary N) is 2. The predicted octanol–water partition coefficient (Wildman–Crippen LogP) is 3.69. The van der Waals surface area contributed by atoms with Gasteiger partial charge in [-0.25, -0.2) is 0 Å². The Kier molecular flexibility index (Phi) is 4.42. The molecular formula is C14H11F3N2OS. The molecule has 0 spiro atoms. The van der Waals surface area contributed by atoms with Crippen molar-refractivity contribution in [1.29, 1.82) is 0 Å². The van der Waals surface area contributed by atoms with Crippen molar-refractivity contribution in [2.75, 3.05) is 0 Å². The number of pyridine rings is 1. The second-order valence-corrected chi connectivity index (χ2v) is 4.76. The van der Waals surface area contributed by atoms with Crippen molar-refractivity contribution in [3.8, 4) is 0 Å². The molecule has 0 bridgehead atoms. The van der Waals surface area contributed by atoms with Crippen LogP contribution < -0.4 is 5.32 Å². The Labute approximate surface area is 123 Å². The molecule has 1 aromatic carbocycles. The van der Waals surface area contributed by atoms with E-state index in [1.807, 2.05) is 0 Å². The highest BCUT2D eigenvalue weighted by atomic mass is 32.1. The molecule has 0 aliphatic heterocycles. The molecule has 2 aromatic rings. The minimum atomic E-state index is -4.36. The van der Waals surface area contributed by atoms with Crippen molar-refractivity contribution in [3.05, 3.63) is 63.9 Å². The van der Waals surface area contributed by atoms with Crippen LogP contribution in [-0.2, 0) is 12.7 Å². The van der Waals surface area contributed by atoms with E-state index in [2.05, 4.69) is 10.3 Å². The number of benzene rings is 1. The summed E-state index contributed by atoms with van der Waals surface area (Å²) in [5, 5.41) is 2.62. The Hall–Kier alpha value is -2.15. The second kappa shape index (κ2) is 6.09. The Balaban J connectivity index is 1.98. The number of carbonyl (C=O) groups is 1. The summed E-state index contributed by atoms with van der Waals surface area (Å²) in [6, 6.07) is 7.80. The molecule has 0 atom stereocenters. The maximum absolute atomic E-state index is 12.4. The van der Waals surface area contributed by atoms with E-state index in [0.717, 1.165) is 12.1 Å². The van der Waals surface area contributed by atoms with Crippen LogP contribution in [0.2, 0.25) is 0 Å². The van der Waals surface area contributed by atoms with Gasteiger partial charge in [0, 0.05) is 12.7 Å². The van der Waals surface area contributed by atoms with Gasteiger partial charge in [0.1, 0.15) is 4.64 Å². The molecule has 0 radical (unpaired) electrons. The molecule has 1 aromatic heterocycles. The maximum Gasteiger partial charge on any atom is 0.416 e. The minimum absolute atomic E-state index is 0.145. The average molecular weight is 312 g/mol. The zero-order chi connectivity index (χ0) is 15.5. The highest BCUT2D eigenvalue weighted by Gasteiger charge is 2.29. The average Bonchev–Trinajstić information content (AvgIpc) is 2.45. The van der Waals surface area contributed by atoms with Crippen LogP contribution in [0.4, 0.5) is 13.2 Å². The lowest BCUT2D eigenvalue weighted by molar-refractivity contribution is -0.137. The third-order valence-electron chi connectivity index (χ3n) is 2.78. The zero-order valence-corrected chi connectivity index (χ0v) is 11.5. The van der Waals surface area contributed by atoms with E-state index in [9.17, 15) is 18.0 Å². The Bertz CT molecular complexity index is 672. The third-order valence-corrected chi connectivity index (χ3v) is 3.03. The largest absolute Gasteiger partial charge is 0.416 e. The molecular weight excluding hydrogens is 301 g/mol. The zero-order valence-electron chi connectivity index (χ0n) is 10.7. The molecule has 7 heteroatoms. The maximum atomic E-state index is 12.4. The van der Waals surface area contributed by atoms with Gasteiger partial charge in [-0.2, -0.15) is 13.2 Å². The van der Waals surface area contributed by atoms with E-state index in [0.29, 0.717) is 15.8 Å². The topological polar surface area (TPSA) is 44.9 Å². The van der Waals surface area contributed by atoms with Crippen LogP contribution in [0.3, 0.4) is 0 Å². The van der Waals surface area contributed by atoms with Gasteiger partial charge in [-0.15, -0.1) is 0 Å². The van der Waals surface area contributed by atoms with E-state index in [1.165, 1.54) is 18.3 Å². The number of carbonyl (C=O) groups excluding carboxylic acids is 1. The summed E-state index contributed by atoms with van der Waals surface area (Å²) in [5.74, 6) is -0.332. The van der Waals surface area contributed by atoms with Gasteiger partial charge in [-0.05, 0) is 29.8 Å². The number of alkyl halides is 3. The number of hydrogen-bond acceptors (Lipinski definition) is 2. The first-order valence-electron chi connectivity index (χ1n) is 5.99. The molecule has 110 valence electrons. The van der Waals surface area contributed by atoms with Crippen LogP contribution >= 0.6 is 12.2 Å². The molecule has 0 aliphatic rings. The predicted molar refractivity (Wildman–Crippen MR) is 74.2 cm³/mol. The van der Waals surface area contributed by atoms with Gasteiger partial charge in [0.15, 0.2) is 0 Å². The summed E-state index contributed by atoms with van der Waals surface area (Å²) < 4.78 is 37.7. The molecule has 2 N–H and O–H groups in total. The van der Waals surface area contributed by atoms with Crippen molar-refractivity contribution in [2.45, 2.75) is 12.7 Å². The fourth-order valence-electron chi connectivity index (χ4n) is 1.65. The molecule has 21 heavy (non-hydrogen) atoms. The number of halogens is 3.